The molecule has 1 saturated heterocycles. The van der Waals surface area contributed by atoms with Crippen molar-refractivity contribution in [1.82, 2.24) is 4.31 Å². The molecule has 2 atom stereocenters. The Morgan fingerprint density at radius 3 is 2.55 bits per heavy atom. The van der Waals surface area contributed by atoms with Crippen LogP contribution in [0.25, 0.3) is 0 Å². The molecule has 1 aliphatic rings. The van der Waals surface area contributed by atoms with Gasteiger partial charge in [-0.2, -0.15) is 0 Å². The van der Waals surface area contributed by atoms with Crippen molar-refractivity contribution in [3.8, 4) is 0 Å². The summed E-state index contributed by atoms with van der Waals surface area (Å²) >= 11 is 0. The summed E-state index contributed by atoms with van der Waals surface area (Å²) in [7, 11) is -0.317. The lowest BCUT2D eigenvalue weighted by Gasteiger charge is -2.27. The Bertz CT molecular complexity index is 572. The van der Waals surface area contributed by atoms with Gasteiger partial charge in [0.25, 0.3) is 0 Å². The summed E-state index contributed by atoms with van der Waals surface area (Å²) in [6, 6.07) is 7.51. The van der Waals surface area contributed by atoms with Gasteiger partial charge in [-0.05, 0) is 37.9 Å². The fraction of sp³-hybridized carbons (Fsp3) is 0.571. The summed E-state index contributed by atoms with van der Waals surface area (Å²) in [6.07, 6.45) is 1.01. The van der Waals surface area contributed by atoms with E-state index in [2.05, 4.69) is 11.8 Å². The third kappa shape index (κ3) is 2.68. The Hall–Kier alpha value is -1.11. The lowest BCUT2D eigenvalue weighted by molar-refractivity contribution is 0.520. The van der Waals surface area contributed by atoms with E-state index in [0.29, 0.717) is 23.4 Å². The number of sulfonamides is 1. The largest absolute Gasteiger partial charge is 0.367 e. The fourth-order valence-corrected chi connectivity index (χ4v) is 3.85. The predicted octanol–water partition coefficient (Wildman–Crippen LogP) is 1.11. The molecule has 1 heterocycles. The molecule has 1 aromatic rings. The summed E-state index contributed by atoms with van der Waals surface area (Å²) in [5.41, 5.74) is 6.54. The number of nitrogens with zero attached hydrogens (tertiary/aromatic N) is 2. The maximum atomic E-state index is 12.4. The van der Waals surface area contributed by atoms with E-state index in [-0.39, 0.29) is 0 Å². The number of hydrogen-bond donors (Lipinski definition) is 1. The first-order chi connectivity index (χ1) is 9.37. The van der Waals surface area contributed by atoms with Gasteiger partial charge in [-0.1, -0.05) is 12.1 Å². The van der Waals surface area contributed by atoms with Crippen LogP contribution in [0, 0.1) is 5.92 Å². The van der Waals surface area contributed by atoms with E-state index in [1.54, 1.807) is 26.2 Å². The number of para-hydroxylation sites is 1. The summed E-state index contributed by atoms with van der Waals surface area (Å²) in [6.45, 7) is 3.58. The third-order valence-corrected chi connectivity index (χ3v) is 5.79. The Morgan fingerprint density at radius 2 is 2.00 bits per heavy atom. The molecule has 0 radical (unpaired) electrons. The van der Waals surface area contributed by atoms with Crippen LogP contribution in [0.4, 0.5) is 5.69 Å². The number of rotatable bonds is 4. The highest BCUT2D eigenvalue weighted by Gasteiger charge is 2.32. The first-order valence-corrected chi connectivity index (χ1v) is 8.30. The zero-order valence-electron chi connectivity index (χ0n) is 12.3. The highest BCUT2D eigenvalue weighted by molar-refractivity contribution is 7.89. The van der Waals surface area contributed by atoms with E-state index < -0.39 is 10.0 Å². The summed E-state index contributed by atoms with van der Waals surface area (Å²) in [5.74, 6) is 0.431. The topological polar surface area (TPSA) is 66.6 Å². The molecule has 20 heavy (non-hydrogen) atoms. The molecular weight excluding hydrogens is 274 g/mol. The molecule has 2 rings (SSSR count). The van der Waals surface area contributed by atoms with E-state index in [4.69, 9.17) is 5.73 Å². The quantitative estimate of drug-likeness (QED) is 0.904. The second-order valence-corrected chi connectivity index (χ2v) is 7.71. The SMILES string of the molecule is CC1CC(CN)CN1c1ccccc1S(=O)(=O)N(C)C. The molecule has 0 aromatic heterocycles. The average molecular weight is 297 g/mol. The van der Waals surface area contributed by atoms with E-state index >= 15 is 0 Å². The van der Waals surface area contributed by atoms with Crippen LogP contribution in [-0.2, 0) is 10.0 Å². The van der Waals surface area contributed by atoms with Gasteiger partial charge in [-0.15, -0.1) is 0 Å². The van der Waals surface area contributed by atoms with Crippen molar-refractivity contribution in [3.05, 3.63) is 24.3 Å². The van der Waals surface area contributed by atoms with Crippen molar-refractivity contribution >= 4 is 15.7 Å². The van der Waals surface area contributed by atoms with Crippen molar-refractivity contribution in [3.63, 3.8) is 0 Å². The molecule has 5 nitrogen and oxygen atoms in total. The van der Waals surface area contributed by atoms with Gasteiger partial charge in [0, 0.05) is 26.7 Å². The van der Waals surface area contributed by atoms with E-state index in [9.17, 15) is 8.42 Å². The zero-order valence-corrected chi connectivity index (χ0v) is 13.1. The highest BCUT2D eigenvalue weighted by atomic mass is 32.2. The number of hydrogen-bond acceptors (Lipinski definition) is 4. The van der Waals surface area contributed by atoms with E-state index in [0.717, 1.165) is 18.7 Å². The van der Waals surface area contributed by atoms with Gasteiger partial charge >= 0.3 is 0 Å². The fourth-order valence-electron chi connectivity index (χ4n) is 2.76. The minimum absolute atomic E-state index is 0.307. The smallest absolute Gasteiger partial charge is 0.244 e. The van der Waals surface area contributed by atoms with Gasteiger partial charge in [0.1, 0.15) is 4.90 Å². The molecular formula is C14H23N3O2S. The van der Waals surface area contributed by atoms with Crippen molar-refractivity contribution < 1.29 is 8.42 Å². The van der Waals surface area contributed by atoms with Gasteiger partial charge in [-0.3, -0.25) is 0 Å². The Balaban J connectivity index is 2.44. The van der Waals surface area contributed by atoms with Gasteiger partial charge in [-0.25, -0.2) is 12.7 Å². The third-order valence-electron chi connectivity index (χ3n) is 3.93. The van der Waals surface area contributed by atoms with Gasteiger partial charge in [0.05, 0.1) is 5.69 Å². The molecule has 0 amide bonds. The zero-order chi connectivity index (χ0) is 14.9. The van der Waals surface area contributed by atoms with Crippen molar-refractivity contribution in [2.45, 2.75) is 24.3 Å². The van der Waals surface area contributed by atoms with Crippen LogP contribution in [0.1, 0.15) is 13.3 Å². The van der Waals surface area contributed by atoms with Crippen LogP contribution in [0.5, 0.6) is 0 Å². The molecule has 2 unspecified atom stereocenters. The monoisotopic (exact) mass is 297 g/mol. The van der Waals surface area contributed by atoms with Gasteiger partial charge in [0.15, 0.2) is 0 Å². The number of nitrogens with two attached hydrogens (primary N) is 1. The molecule has 1 aromatic carbocycles. The summed E-state index contributed by atoms with van der Waals surface area (Å²) < 4.78 is 26.1. The Labute approximate surface area is 121 Å². The van der Waals surface area contributed by atoms with Crippen LogP contribution in [-0.4, -0.2) is 45.9 Å². The highest BCUT2D eigenvalue weighted by Crippen LogP contribution is 2.33. The molecule has 0 bridgehead atoms. The molecule has 112 valence electrons. The maximum absolute atomic E-state index is 12.4. The lowest BCUT2D eigenvalue weighted by atomic mass is 10.1. The average Bonchev–Trinajstić information content (AvgIpc) is 2.79. The number of anilines is 1. The molecule has 1 aliphatic heterocycles. The predicted molar refractivity (Wildman–Crippen MR) is 81.3 cm³/mol. The molecule has 1 fully saturated rings. The Kier molecular flexibility index (Phi) is 4.36. The standard InChI is InChI=1S/C14H23N3O2S/c1-11-8-12(9-15)10-17(11)13-6-4-5-7-14(13)20(18,19)16(2)3/h4-7,11-12H,8-10,15H2,1-3H3. The van der Waals surface area contributed by atoms with Crippen LogP contribution in [0.15, 0.2) is 29.2 Å². The van der Waals surface area contributed by atoms with E-state index in [1.807, 2.05) is 12.1 Å². The van der Waals surface area contributed by atoms with Crippen molar-refractivity contribution in [1.29, 1.82) is 0 Å². The second-order valence-electron chi connectivity index (χ2n) is 5.59. The molecule has 6 heteroatoms. The molecule has 2 N–H and O–H groups in total. The maximum Gasteiger partial charge on any atom is 0.244 e. The van der Waals surface area contributed by atoms with E-state index in [1.165, 1.54) is 4.31 Å². The molecule has 0 spiro atoms. The number of benzene rings is 1. The van der Waals surface area contributed by atoms with Crippen LogP contribution in [0.2, 0.25) is 0 Å². The first kappa shape index (κ1) is 15.3. The van der Waals surface area contributed by atoms with Crippen LogP contribution in [0.3, 0.4) is 0 Å². The minimum Gasteiger partial charge on any atom is -0.367 e. The molecule has 0 saturated carbocycles. The lowest BCUT2D eigenvalue weighted by Crippen LogP contribution is -2.31. The van der Waals surface area contributed by atoms with Crippen molar-refractivity contribution in [2.75, 3.05) is 32.1 Å². The molecule has 0 aliphatic carbocycles. The second kappa shape index (κ2) is 5.71. The normalized spacial score (nSPS) is 23.6. The summed E-state index contributed by atoms with van der Waals surface area (Å²) in [4.78, 5) is 2.53. The Morgan fingerprint density at radius 1 is 1.35 bits per heavy atom. The van der Waals surface area contributed by atoms with Gasteiger partial charge in [0.2, 0.25) is 10.0 Å². The first-order valence-electron chi connectivity index (χ1n) is 6.86. The van der Waals surface area contributed by atoms with Crippen molar-refractivity contribution in [2.24, 2.45) is 11.7 Å². The minimum atomic E-state index is -3.43. The summed E-state index contributed by atoms with van der Waals surface area (Å²) in [5, 5.41) is 0. The van der Waals surface area contributed by atoms with Crippen LogP contribution < -0.4 is 10.6 Å². The van der Waals surface area contributed by atoms with Gasteiger partial charge < -0.3 is 10.6 Å². The van der Waals surface area contributed by atoms with Crippen LogP contribution >= 0.6 is 0 Å².